The first-order valence-corrected chi connectivity index (χ1v) is 11.2. The fourth-order valence-corrected chi connectivity index (χ4v) is 4.49. The second-order valence-electron chi connectivity index (χ2n) is 8.44. The molecule has 0 bridgehead atoms. The molecule has 1 aliphatic heterocycles. The van der Waals surface area contributed by atoms with Gasteiger partial charge in [-0.25, -0.2) is 14.5 Å². The van der Waals surface area contributed by atoms with Crippen molar-refractivity contribution in [2.24, 2.45) is 5.73 Å². The van der Waals surface area contributed by atoms with Gasteiger partial charge in [0.25, 0.3) is 5.91 Å². The van der Waals surface area contributed by atoms with Gasteiger partial charge in [-0.3, -0.25) is 4.79 Å². The Kier molecular flexibility index (Phi) is 5.42. The summed E-state index contributed by atoms with van der Waals surface area (Å²) in [6, 6.07) is 15.7. The number of amides is 1. The van der Waals surface area contributed by atoms with Crippen molar-refractivity contribution in [3.63, 3.8) is 0 Å². The van der Waals surface area contributed by atoms with Gasteiger partial charge < -0.3 is 16.0 Å². The molecule has 0 saturated heterocycles. The Morgan fingerprint density at radius 1 is 1.09 bits per heavy atom. The number of aryl methyl sites for hydroxylation is 2. The molecule has 4 aromatic rings. The van der Waals surface area contributed by atoms with Gasteiger partial charge in [0.05, 0.1) is 22.5 Å². The quantitative estimate of drug-likeness (QED) is 0.491. The summed E-state index contributed by atoms with van der Waals surface area (Å²) in [6.45, 7) is 3.54. The number of anilines is 2. The zero-order valence-electron chi connectivity index (χ0n) is 18.9. The SMILES string of the molecule is Cc1nn2c(C(N)=O)cccc2c1-c1nc2c(c(NCc3ccccc3)n1)N(C)CCCC2. The largest absolute Gasteiger partial charge is 0.370 e. The highest BCUT2D eigenvalue weighted by atomic mass is 16.1. The number of pyridine rings is 1. The molecule has 0 radical (unpaired) electrons. The first-order chi connectivity index (χ1) is 16.0. The van der Waals surface area contributed by atoms with Crippen molar-refractivity contribution in [3.05, 3.63) is 71.2 Å². The summed E-state index contributed by atoms with van der Waals surface area (Å²) in [7, 11) is 2.10. The fraction of sp³-hybridized carbons (Fsp3) is 0.280. The minimum atomic E-state index is -0.524. The summed E-state index contributed by atoms with van der Waals surface area (Å²) in [5, 5.41) is 8.14. The van der Waals surface area contributed by atoms with Crippen LogP contribution in [0.4, 0.5) is 11.5 Å². The monoisotopic (exact) mass is 441 g/mol. The van der Waals surface area contributed by atoms with Crippen molar-refractivity contribution in [1.29, 1.82) is 0 Å². The van der Waals surface area contributed by atoms with E-state index in [0.717, 1.165) is 59.8 Å². The van der Waals surface area contributed by atoms with Crippen LogP contribution in [0.25, 0.3) is 16.9 Å². The molecule has 0 unspecified atom stereocenters. The second-order valence-corrected chi connectivity index (χ2v) is 8.44. The number of nitrogens with two attached hydrogens (primary N) is 1. The first-order valence-electron chi connectivity index (χ1n) is 11.2. The zero-order valence-corrected chi connectivity index (χ0v) is 18.9. The summed E-state index contributed by atoms with van der Waals surface area (Å²) < 4.78 is 1.59. The molecule has 0 atom stereocenters. The van der Waals surface area contributed by atoms with E-state index in [-0.39, 0.29) is 0 Å². The highest BCUT2D eigenvalue weighted by molar-refractivity contribution is 5.93. The van der Waals surface area contributed by atoms with E-state index >= 15 is 0 Å². The van der Waals surface area contributed by atoms with Gasteiger partial charge in [0.2, 0.25) is 0 Å². The van der Waals surface area contributed by atoms with E-state index < -0.39 is 5.91 Å². The van der Waals surface area contributed by atoms with Gasteiger partial charge in [-0.2, -0.15) is 5.10 Å². The van der Waals surface area contributed by atoms with E-state index in [1.54, 1.807) is 10.6 Å². The maximum atomic E-state index is 11.9. The molecule has 8 heteroatoms. The minimum absolute atomic E-state index is 0.332. The predicted octanol–water partition coefficient (Wildman–Crippen LogP) is 3.58. The summed E-state index contributed by atoms with van der Waals surface area (Å²) in [5.74, 6) is 0.895. The average molecular weight is 442 g/mol. The Labute approximate surface area is 192 Å². The van der Waals surface area contributed by atoms with Crippen LogP contribution in [-0.4, -0.2) is 39.1 Å². The second kappa shape index (κ2) is 8.54. The highest BCUT2D eigenvalue weighted by Crippen LogP contribution is 2.35. The molecule has 5 rings (SSSR count). The lowest BCUT2D eigenvalue weighted by atomic mass is 10.1. The van der Waals surface area contributed by atoms with Gasteiger partial charge in [0, 0.05) is 20.1 Å². The average Bonchev–Trinajstić information content (AvgIpc) is 3.04. The lowest BCUT2D eigenvalue weighted by molar-refractivity contribution is 0.0993. The molecule has 0 saturated carbocycles. The molecule has 1 amide bonds. The number of rotatable bonds is 5. The normalized spacial score (nSPS) is 13.6. The highest BCUT2D eigenvalue weighted by Gasteiger charge is 2.24. The van der Waals surface area contributed by atoms with E-state index in [9.17, 15) is 4.79 Å². The molecule has 8 nitrogen and oxygen atoms in total. The van der Waals surface area contributed by atoms with Crippen LogP contribution >= 0.6 is 0 Å². The third kappa shape index (κ3) is 3.88. The maximum absolute atomic E-state index is 11.9. The van der Waals surface area contributed by atoms with Gasteiger partial charge in [0.15, 0.2) is 11.6 Å². The van der Waals surface area contributed by atoms with Crippen LogP contribution in [0.3, 0.4) is 0 Å². The van der Waals surface area contributed by atoms with Crippen LogP contribution in [0.1, 0.15) is 40.3 Å². The number of hydrogen-bond donors (Lipinski definition) is 2. The van der Waals surface area contributed by atoms with Crippen LogP contribution in [0.15, 0.2) is 48.5 Å². The number of nitrogens with one attached hydrogen (secondary N) is 1. The fourth-order valence-electron chi connectivity index (χ4n) is 4.49. The molecular formula is C25H27N7O. The van der Waals surface area contributed by atoms with E-state index in [4.69, 9.17) is 15.7 Å². The number of aromatic nitrogens is 4. The molecule has 3 aromatic heterocycles. The zero-order chi connectivity index (χ0) is 22.9. The number of nitrogens with zero attached hydrogens (tertiary/aromatic N) is 5. The number of primary amides is 1. The molecule has 168 valence electrons. The van der Waals surface area contributed by atoms with Crippen molar-refractivity contribution in [1.82, 2.24) is 19.6 Å². The van der Waals surface area contributed by atoms with Crippen LogP contribution < -0.4 is 16.0 Å². The number of benzene rings is 1. The third-order valence-corrected chi connectivity index (χ3v) is 6.11. The first kappa shape index (κ1) is 20.9. The lowest BCUT2D eigenvalue weighted by Gasteiger charge is -2.23. The van der Waals surface area contributed by atoms with E-state index in [1.807, 2.05) is 37.3 Å². The Morgan fingerprint density at radius 3 is 2.70 bits per heavy atom. The van der Waals surface area contributed by atoms with Gasteiger partial charge >= 0.3 is 0 Å². The predicted molar refractivity (Wildman–Crippen MR) is 129 cm³/mol. The van der Waals surface area contributed by atoms with Crippen molar-refractivity contribution in [3.8, 4) is 11.4 Å². The smallest absolute Gasteiger partial charge is 0.267 e. The van der Waals surface area contributed by atoms with Crippen molar-refractivity contribution >= 4 is 22.9 Å². The molecule has 1 aromatic carbocycles. The lowest BCUT2D eigenvalue weighted by Crippen LogP contribution is -2.21. The Hall–Kier alpha value is -3.94. The number of carbonyl (C=O) groups is 1. The molecule has 4 heterocycles. The Bertz CT molecular complexity index is 1330. The Balaban J connectivity index is 1.66. The molecule has 0 spiro atoms. The van der Waals surface area contributed by atoms with Crippen molar-refractivity contribution in [2.45, 2.75) is 32.7 Å². The van der Waals surface area contributed by atoms with Gasteiger partial charge in [-0.15, -0.1) is 0 Å². The molecule has 33 heavy (non-hydrogen) atoms. The van der Waals surface area contributed by atoms with Crippen LogP contribution in [0.2, 0.25) is 0 Å². The summed E-state index contributed by atoms with van der Waals surface area (Å²) in [6.07, 6.45) is 3.07. The van der Waals surface area contributed by atoms with E-state index in [1.165, 1.54) is 5.56 Å². The standard InChI is InChI=1S/C25H27N7O/c1-16-21(19-12-8-13-20(23(26)33)32(19)30-16)24-28-18-11-6-7-14-31(2)22(18)25(29-24)27-15-17-9-4-3-5-10-17/h3-5,8-10,12-13H,6-7,11,14-15H2,1-2H3,(H2,26,33)(H,27,28,29). The molecule has 1 aliphatic rings. The van der Waals surface area contributed by atoms with Crippen LogP contribution in [-0.2, 0) is 13.0 Å². The van der Waals surface area contributed by atoms with Crippen molar-refractivity contribution < 1.29 is 4.79 Å². The number of fused-ring (bicyclic) bond motifs is 2. The van der Waals surface area contributed by atoms with Gasteiger partial charge in [0.1, 0.15) is 11.4 Å². The summed E-state index contributed by atoms with van der Waals surface area (Å²) >= 11 is 0. The van der Waals surface area contributed by atoms with Gasteiger partial charge in [-0.1, -0.05) is 36.4 Å². The maximum Gasteiger partial charge on any atom is 0.267 e. The molecule has 3 N–H and O–H groups in total. The topological polar surface area (TPSA) is 101 Å². The number of hydrogen-bond acceptors (Lipinski definition) is 6. The minimum Gasteiger partial charge on any atom is -0.370 e. The molecule has 0 fully saturated rings. The number of carbonyl (C=O) groups excluding carboxylic acids is 1. The van der Waals surface area contributed by atoms with E-state index in [2.05, 4.69) is 34.5 Å². The molecular weight excluding hydrogens is 414 g/mol. The van der Waals surface area contributed by atoms with Gasteiger partial charge in [-0.05, 0) is 43.9 Å². The third-order valence-electron chi connectivity index (χ3n) is 6.11. The van der Waals surface area contributed by atoms with Crippen LogP contribution in [0, 0.1) is 6.92 Å². The molecule has 0 aliphatic carbocycles. The summed E-state index contributed by atoms with van der Waals surface area (Å²) in [5.41, 5.74) is 11.5. The van der Waals surface area contributed by atoms with E-state index in [0.29, 0.717) is 18.1 Å². The van der Waals surface area contributed by atoms with Crippen LogP contribution in [0.5, 0.6) is 0 Å². The Morgan fingerprint density at radius 2 is 1.91 bits per heavy atom. The summed E-state index contributed by atoms with van der Waals surface area (Å²) in [4.78, 5) is 24.2. The van der Waals surface area contributed by atoms with Crippen molar-refractivity contribution in [2.75, 3.05) is 23.8 Å².